The van der Waals surface area contributed by atoms with Gasteiger partial charge in [0, 0.05) is 28.7 Å². The van der Waals surface area contributed by atoms with Crippen LogP contribution in [0.4, 0.5) is 0 Å². The number of hydrogen-bond acceptors (Lipinski definition) is 6. The van der Waals surface area contributed by atoms with E-state index >= 15 is 0 Å². The number of nitrogens with zero attached hydrogens (tertiary/aromatic N) is 1. The van der Waals surface area contributed by atoms with Crippen molar-refractivity contribution in [1.82, 2.24) is 15.5 Å². The average Bonchev–Trinajstić information content (AvgIpc) is 2.19. The molecule has 7 N–H and O–H groups in total. The summed E-state index contributed by atoms with van der Waals surface area (Å²) in [6.07, 6.45) is 1.61. The summed E-state index contributed by atoms with van der Waals surface area (Å²) in [5.41, 5.74) is 11.6. The Kier molecular flexibility index (Phi) is 8.11. The van der Waals surface area contributed by atoms with Crippen molar-refractivity contribution >= 4 is 0 Å². The third-order valence-electron chi connectivity index (χ3n) is 4.54. The Morgan fingerprint density at radius 3 is 1.72 bits per heavy atom. The lowest BCUT2D eigenvalue weighted by Gasteiger charge is -2.47. The first-order valence-electron chi connectivity index (χ1n) is 9.25. The van der Waals surface area contributed by atoms with Gasteiger partial charge in [-0.25, -0.2) is 0 Å². The molecule has 0 aromatic heterocycles. The number of aliphatic hydroxyl groups is 1. The second kappa shape index (κ2) is 8.19. The Balaban J connectivity index is 5.00. The molecule has 0 radical (unpaired) electrons. The third kappa shape index (κ3) is 10.5. The third-order valence-corrected chi connectivity index (χ3v) is 4.54. The fourth-order valence-electron chi connectivity index (χ4n) is 4.11. The predicted octanol–water partition coefficient (Wildman–Crippen LogP) is 1.58. The van der Waals surface area contributed by atoms with Crippen molar-refractivity contribution in [1.29, 1.82) is 0 Å². The number of nitrogens with one attached hydrogen (secondary N) is 2. The molecule has 0 saturated carbocycles. The van der Waals surface area contributed by atoms with Crippen LogP contribution in [0.2, 0.25) is 0 Å². The van der Waals surface area contributed by atoms with Gasteiger partial charge in [-0.1, -0.05) is 0 Å². The van der Waals surface area contributed by atoms with E-state index in [9.17, 15) is 0 Å². The molecule has 1 unspecified atom stereocenters. The van der Waals surface area contributed by atoms with Gasteiger partial charge < -0.3 is 16.6 Å². The highest BCUT2D eigenvalue weighted by Crippen LogP contribution is 2.27. The molecular weight excluding hydrogens is 314 g/mol. The first-order chi connectivity index (χ1) is 10.8. The lowest BCUT2D eigenvalue weighted by molar-refractivity contribution is 0.0639. The number of rotatable bonds is 11. The molecule has 0 saturated heterocycles. The molecule has 152 valence electrons. The van der Waals surface area contributed by atoms with Crippen molar-refractivity contribution in [3.05, 3.63) is 0 Å². The maximum Gasteiger partial charge on any atom is 0.0936 e. The van der Waals surface area contributed by atoms with E-state index in [1.807, 2.05) is 20.8 Å². The monoisotopic (exact) mass is 359 g/mol. The van der Waals surface area contributed by atoms with Gasteiger partial charge in [-0.2, -0.15) is 0 Å². The van der Waals surface area contributed by atoms with E-state index in [0.29, 0.717) is 0 Å². The van der Waals surface area contributed by atoms with Crippen LogP contribution in [0, 0.1) is 0 Å². The van der Waals surface area contributed by atoms with Gasteiger partial charge in [0.2, 0.25) is 0 Å². The molecule has 0 bridgehead atoms. The zero-order chi connectivity index (χ0) is 20.3. The van der Waals surface area contributed by atoms with Crippen molar-refractivity contribution in [2.75, 3.05) is 20.3 Å². The van der Waals surface area contributed by atoms with Crippen molar-refractivity contribution in [3.8, 4) is 0 Å². The van der Waals surface area contributed by atoms with Gasteiger partial charge in [-0.3, -0.25) is 15.5 Å². The van der Waals surface area contributed by atoms with Crippen molar-refractivity contribution in [2.24, 2.45) is 11.5 Å². The number of nitrogens with two attached hydrogens (primary N) is 2. The molecule has 0 rings (SSSR count). The first kappa shape index (κ1) is 24.8. The summed E-state index contributed by atoms with van der Waals surface area (Å²) < 4.78 is 0. The van der Waals surface area contributed by atoms with Crippen LogP contribution in [-0.2, 0) is 0 Å². The summed E-state index contributed by atoms with van der Waals surface area (Å²) >= 11 is 0. The van der Waals surface area contributed by atoms with E-state index in [4.69, 9.17) is 16.6 Å². The quantitative estimate of drug-likeness (QED) is 0.359. The molecule has 6 nitrogen and oxygen atoms in total. The molecule has 0 fully saturated rings. The van der Waals surface area contributed by atoms with Crippen molar-refractivity contribution < 1.29 is 5.11 Å². The van der Waals surface area contributed by atoms with Gasteiger partial charge in [0.1, 0.15) is 0 Å². The lowest BCUT2D eigenvalue weighted by Crippen LogP contribution is -2.65. The Labute approximate surface area is 156 Å². The fourth-order valence-corrected chi connectivity index (χ4v) is 4.11. The first-order valence-corrected chi connectivity index (χ1v) is 9.25. The highest BCUT2D eigenvalue weighted by atomic mass is 16.3. The molecule has 0 aromatic carbocycles. The highest BCUT2D eigenvalue weighted by Gasteiger charge is 2.38. The van der Waals surface area contributed by atoms with Crippen LogP contribution >= 0.6 is 0 Å². The van der Waals surface area contributed by atoms with Gasteiger partial charge in [0.05, 0.1) is 12.4 Å². The van der Waals surface area contributed by atoms with E-state index in [-0.39, 0.29) is 28.9 Å². The minimum Gasteiger partial charge on any atom is -0.381 e. The van der Waals surface area contributed by atoms with E-state index in [2.05, 4.69) is 64.1 Å². The molecule has 0 aliphatic heterocycles. The van der Waals surface area contributed by atoms with Crippen LogP contribution in [0.25, 0.3) is 0 Å². The van der Waals surface area contributed by atoms with E-state index in [0.717, 1.165) is 19.4 Å². The molecule has 0 aromatic rings. The molecule has 1 atom stereocenters. The largest absolute Gasteiger partial charge is 0.381 e. The maximum atomic E-state index is 9.15. The fraction of sp³-hybridized carbons (Fsp3) is 1.00. The SMILES string of the molecule is CN(CC(C)(C)NCO)C(C)(C)CC(C)(N)NC(C)(C)CC(C)(C)N. The van der Waals surface area contributed by atoms with Crippen LogP contribution in [-0.4, -0.2) is 58.1 Å². The molecular formula is C19H45N5O. The Morgan fingerprint density at radius 2 is 1.32 bits per heavy atom. The van der Waals surface area contributed by atoms with Gasteiger partial charge in [0.25, 0.3) is 0 Å². The highest BCUT2D eigenvalue weighted by molar-refractivity contribution is 4.98. The minimum atomic E-state index is -0.527. The number of hydrogen-bond donors (Lipinski definition) is 5. The van der Waals surface area contributed by atoms with E-state index < -0.39 is 5.66 Å². The van der Waals surface area contributed by atoms with Gasteiger partial charge in [0.15, 0.2) is 0 Å². The summed E-state index contributed by atoms with van der Waals surface area (Å²) in [4.78, 5) is 2.29. The number of likely N-dealkylation sites (N-methyl/N-ethyl adjacent to an activating group) is 1. The topological polar surface area (TPSA) is 99.6 Å². The molecule has 0 aliphatic rings. The van der Waals surface area contributed by atoms with Crippen molar-refractivity contribution in [2.45, 2.75) is 103 Å². The van der Waals surface area contributed by atoms with E-state index in [1.54, 1.807) is 0 Å². The second-order valence-electron chi connectivity index (χ2n) is 10.7. The zero-order valence-corrected chi connectivity index (χ0v) is 18.4. The predicted molar refractivity (Wildman–Crippen MR) is 108 cm³/mol. The van der Waals surface area contributed by atoms with E-state index in [1.165, 1.54) is 0 Å². The normalized spacial score (nSPS) is 17.0. The molecule has 0 aliphatic carbocycles. The Bertz CT molecular complexity index is 411. The second-order valence-corrected chi connectivity index (χ2v) is 10.7. The van der Waals surface area contributed by atoms with Crippen LogP contribution in [0.3, 0.4) is 0 Å². The van der Waals surface area contributed by atoms with Crippen LogP contribution in [0.15, 0.2) is 0 Å². The minimum absolute atomic E-state index is 0.0273. The van der Waals surface area contributed by atoms with Gasteiger partial charge in [-0.05, 0) is 82.2 Å². The molecule has 0 amide bonds. The Hall–Kier alpha value is -0.240. The van der Waals surface area contributed by atoms with Crippen LogP contribution < -0.4 is 22.1 Å². The molecule has 6 heteroatoms. The summed E-state index contributed by atoms with van der Waals surface area (Å²) in [5, 5.41) is 15.9. The summed E-state index contributed by atoms with van der Waals surface area (Å²) in [6, 6.07) is 0. The maximum absolute atomic E-state index is 9.15. The Morgan fingerprint density at radius 1 is 0.840 bits per heavy atom. The molecule has 0 heterocycles. The van der Waals surface area contributed by atoms with Crippen molar-refractivity contribution in [3.63, 3.8) is 0 Å². The summed E-state index contributed by atoms with van der Waals surface area (Å²) in [7, 11) is 2.10. The smallest absolute Gasteiger partial charge is 0.0936 e. The lowest BCUT2D eigenvalue weighted by atomic mass is 9.84. The van der Waals surface area contributed by atoms with Gasteiger partial charge in [-0.15, -0.1) is 0 Å². The summed E-state index contributed by atoms with van der Waals surface area (Å²) in [5.74, 6) is 0. The van der Waals surface area contributed by atoms with Crippen LogP contribution in [0.1, 0.15) is 75.2 Å². The van der Waals surface area contributed by atoms with Gasteiger partial charge >= 0.3 is 0 Å². The number of aliphatic hydroxyl groups excluding tert-OH is 1. The molecule has 0 spiro atoms. The van der Waals surface area contributed by atoms with Crippen LogP contribution in [0.5, 0.6) is 0 Å². The molecule has 25 heavy (non-hydrogen) atoms. The summed E-state index contributed by atoms with van der Waals surface area (Å²) in [6.45, 7) is 19.8. The standard InChI is InChI=1S/C19H45N5O/c1-15(2,20)11-16(3,4)23-19(9,21)12-18(7,8)24(10)13-17(5,6)22-14-25/h22-23,25H,11-14,20-21H2,1-10H3. The average molecular weight is 360 g/mol. The zero-order valence-electron chi connectivity index (χ0n) is 18.4.